The van der Waals surface area contributed by atoms with Gasteiger partial charge in [0.15, 0.2) is 5.82 Å². The van der Waals surface area contributed by atoms with Crippen molar-refractivity contribution in [2.75, 3.05) is 18.5 Å². The molecule has 0 aliphatic carbocycles. The van der Waals surface area contributed by atoms with E-state index in [-0.39, 0.29) is 12.0 Å². The highest BCUT2D eigenvalue weighted by Crippen LogP contribution is 2.27. The van der Waals surface area contributed by atoms with Crippen LogP contribution in [0.15, 0.2) is 42.7 Å². The fourth-order valence-corrected chi connectivity index (χ4v) is 3.49. The Labute approximate surface area is 162 Å². The second kappa shape index (κ2) is 7.98. The van der Waals surface area contributed by atoms with Gasteiger partial charge in [-0.05, 0) is 43.5 Å². The topological polar surface area (TPSA) is 79.0 Å². The van der Waals surface area contributed by atoms with Crippen LogP contribution in [0.5, 0.6) is 0 Å². The zero-order chi connectivity index (χ0) is 18.6. The molecule has 0 bridgehead atoms. The Kier molecular flexibility index (Phi) is 5.27. The number of benzene rings is 1. The molecule has 7 heteroatoms. The van der Waals surface area contributed by atoms with Crippen LogP contribution < -0.4 is 10.6 Å². The molecule has 2 aromatic heterocycles. The first-order valence-corrected chi connectivity index (χ1v) is 9.47. The molecule has 27 heavy (non-hydrogen) atoms. The van der Waals surface area contributed by atoms with Gasteiger partial charge in [0.25, 0.3) is 5.91 Å². The fraction of sp³-hybridized carbons (Fsp3) is 0.300. The maximum atomic E-state index is 12.7. The molecule has 3 aromatic rings. The summed E-state index contributed by atoms with van der Waals surface area (Å²) in [6.07, 6.45) is 6.73. The lowest BCUT2D eigenvalue weighted by atomic mass is 10.1. The van der Waals surface area contributed by atoms with E-state index in [4.69, 9.17) is 16.3 Å². The first-order chi connectivity index (χ1) is 13.2. The van der Waals surface area contributed by atoms with Crippen LogP contribution in [0.1, 0.15) is 29.6 Å². The summed E-state index contributed by atoms with van der Waals surface area (Å²) in [5.41, 5.74) is 2.15. The molecular weight excluding hydrogens is 364 g/mol. The minimum atomic E-state index is -0.143. The predicted molar refractivity (Wildman–Crippen MR) is 107 cm³/mol. The molecule has 1 aliphatic heterocycles. The van der Waals surface area contributed by atoms with Crippen LogP contribution in [0.3, 0.4) is 0 Å². The Morgan fingerprint density at radius 1 is 1.33 bits per heavy atom. The van der Waals surface area contributed by atoms with Gasteiger partial charge < -0.3 is 20.4 Å². The Morgan fingerprint density at radius 2 is 2.26 bits per heavy atom. The largest absolute Gasteiger partial charge is 0.376 e. The summed E-state index contributed by atoms with van der Waals surface area (Å²) < 4.78 is 5.67. The van der Waals surface area contributed by atoms with Gasteiger partial charge in [-0.15, -0.1) is 0 Å². The van der Waals surface area contributed by atoms with Crippen LogP contribution in [-0.2, 0) is 4.74 Å². The molecule has 0 spiro atoms. The van der Waals surface area contributed by atoms with Crippen molar-refractivity contribution in [2.24, 2.45) is 0 Å². The number of anilines is 2. The average molecular weight is 385 g/mol. The second-order valence-corrected chi connectivity index (χ2v) is 7.06. The van der Waals surface area contributed by atoms with Crippen molar-refractivity contribution in [2.45, 2.75) is 25.4 Å². The first kappa shape index (κ1) is 17.8. The third kappa shape index (κ3) is 4.07. The number of aromatic amines is 1. The molecule has 6 nitrogen and oxygen atoms in total. The number of aromatic nitrogens is 2. The summed E-state index contributed by atoms with van der Waals surface area (Å²) >= 11 is 6.04. The lowest BCUT2D eigenvalue weighted by Gasteiger charge is -2.22. The van der Waals surface area contributed by atoms with Gasteiger partial charge in [-0.3, -0.25) is 4.79 Å². The van der Waals surface area contributed by atoms with Gasteiger partial charge in [0, 0.05) is 41.6 Å². The lowest BCUT2D eigenvalue weighted by Crippen LogP contribution is -2.35. The Bertz CT molecular complexity index is 950. The molecule has 0 radical (unpaired) electrons. The molecule has 1 saturated heterocycles. The summed E-state index contributed by atoms with van der Waals surface area (Å²) in [5.74, 6) is 0.500. The van der Waals surface area contributed by atoms with Gasteiger partial charge in [-0.25, -0.2) is 4.98 Å². The molecule has 140 valence electrons. The normalized spacial score (nSPS) is 17.0. The molecule has 1 aromatic carbocycles. The van der Waals surface area contributed by atoms with Crippen LogP contribution in [0, 0.1) is 0 Å². The monoisotopic (exact) mass is 384 g/mol. The highest BCUT2D eigenvalue weighted by molar-refractivity contribution is 6.30. The highest BCUT2D eigenvalue weighted by atomic mass is 35.5. The Morgan fingerprint density at radius 3 is 3.07 bits per heavy atom. The van der Waals surface area contributed by atoms with Crippen molar-refractivity contribution in [3.8, 4) is 0 Å². The van der Waals surface area contributed by atoms with Gasteiger partial charge in [0.05, 0.1) is 17.2 Å². The number of halogens is 1. The zero-order valence-electron chi connectivity index (χ0n) is 14.8. The molecule has 3 heterocycles. The number of hydrogen-bond acceptors (Lipinski definition) is 4. The number of carbonyl (C=O) groups is 1. The number of nitrogens with one attached hydrogen (secondary N) is 3. The number of amides is 1. The molecule has 1 fully saturated rings. The van der Waals surface area contributed by atoms with Crippen LogP contribution >= 0.6 is 11.6 Å². The molecule has 1 atom stereocenters. The van der Waals surface area contributed by atoms with E-state index < -0.39 is 0 Å². The molecule has 3 N–H and O–H groups in total. The number of nitrogens with zero attached hydrogens (tertiary/aromatic N) is 1. The van der Waals surface area contributed by atoms with E-state index in [0.717, 1.165) is 42.5 Å². The Balaban J connectivity index is 1.52. The third-order valence-corrected chi connectivity index (χ3v) is 4.93. The Hall–Kier alpha value is -2.57. The second-order valence-electron chi connectivity index (χ2n) is 6.62. The average Bonchev–Trinajstić information content (AvgIpc) is 3.17. The minimum Gasteiger partial charge on any atom is -0.376 e. The van der Waals surface area contributed by atoms with Gasteiger partial charge in [-0.1, -0.05) is 17.7 Å². The predicted octanol–water partition coefficient (Wildman–Crippen LogP) is 4.26. The van der Waals surface area contributed by atoms with Gasteiger partial charge in [-0.2, -0.15) is 0 Å². The fourth-order valence-electron chi connectivity index (χ4n) is 3.30. The minimum absolute atomic E-state index is 0.0983. The van der Waals surface area contributed by atoms with E-state index in [1.54, 1.807) is 12.4 Å². The van der Waals surface area contributed by atoms with Crippen LogP contribution in [-0.4, -0.2) is 35.1 Å². The summed E-state index contributed by atoms with van der Waals surface area (Å²) in [6.45, 7) is 1.29. The van der Waals surface area contributed by atoms with Crippen molar-refractivity contribution in [1.29, 1.82) is 0 Å². The van der Waals surface area contributed by atoms with Crippen molar-refractivity contribution >= 4 is 39.9 Å². The summed E-state index contributed by atoms with van der Waals surface area (Å²) in [5, 5.41) is 7.68. The van der Waals surface area contributed by atoms with Crippen LogP contribution in [0.2, 0.25) is 5.02 Å². The molecule has 4 rings (SSSR count). The number of ether oxygens (including phenoxy) is 1. The number of hydrogen-bond donors (Lipinski definition) is 3. The van der Waals surface area contributed by atoms with Crippen LogP contribution in [0.25, 0.3) is 10.9 Å². The lowest BCUT2D eigenvalue weighted by molar-refractivity contribution is 0.0169. The first-order valence-electron chi connectivity index (χ1n) is 9.09. The molecule has 0 saturated carbocycles. The standard InChI is InChI=1S/C20H21ClN4O2/c21-13-4-3-5-14(10-13)25-19-18-16(7-8-22-18)17(12-23-19)20(26)24-11-15-6-1-2-9-27-15/h3-5,7-8,10,12,15,22H,1-2,6,9,11H2,(H,23,25)(H,24,26). The van der Waals surface area contributed by atoms with E-state index in [0.29, 0.717) is 22.9 Å². The van der Waals surface area contributed by atoms with E-state index in [1.165, 1.54) is 0 Å². The number of pyridine rings is 1. The quantitative estimate of drug-likeness (QED) is 0.614. The molecule has 1 aliphatic rings. The van der Waals surface area contributed by atoms with Crippen molar-refractivity contribution in [3.05, 3.63) is 53.3 Å². The molecular formula is C20H21ClN4O2. The number of H-pyrrole nitrogens is 1. The van der Waals surface area contributed by atoms with Crippen LogP contribution in [0.4, 0.5) is 11.5 Å². The van der Waals surface area contributed by atoms with Crippen molar-refractivity contribution < 1.29 is 9.53 Å². The molecule has 1 unspecified atom stereocenters. The summed E-state index contributed by atoms with van der Waals surface area (Å²) in [6, 6.07) is 9.29. The zero-order valence-corrected chi connectivity index (χ0v) is 15.6. The smallest absolute Gasteiger partial charge is 0.253 e. The van der Waals surface area contributed by atoms with Crippen molar-refractivity contribution in [3.63, 3.8) is 0 Å². The summed E-state index contributed by atoms with van der Waals surface area (Å²) in [7, 11) is 0. The highest BCUT2D eigenvalue weighted by Gasteiger charge is 2.18. The summed E-state index contributed by atoms with van der Waals surface area (Å²) in [4.78, 5) is 20.3. The van der Waals surface area contributed by atoms with Gasteiger partial charge in [0.1, 0.15) is 0 Å². The van der Waals surface area contributed by atoms with E-state index >= 15 is 0 Å². The number of rotatable bonds is 5. The maximum Gasteiger partial charge on any atom is 0.253 e. The van der Waals surface area contributed by atoms with E-state index in [9.17, 15) is 4.79 Å². The van der Waals surface area contributed by atoms with Crippen molar-refractivity contribution in [1.82, 2.24) is 15.3 Å². The SMILES string of the molecule is O=C(NCC1CCCCO1)c1cnc(Nc2cccc(Cl)c2)c2[nH]ccc12. The van der Waals surface area contributed by atoms with Gasteiger partial charge >= 0.3 is 0 Å². The number of carbonyl (C=O) groups excluding carboxylic acids is 1. The third-order valence-electron chi connectivity index (χ3n) is 4.69. The van der Waals surface area contributed by atoms with E-state index in [1.807, 2.05) is 30.3 Å². The number of fused-ring (bicyclic) bond motifs is 1. The molecule has 1 amide bonds. The maximum absolute atomic E-state index is 12.7. The van der Waals surface area contributed by atoms with E-state index in [2.05, 4.69) is 20.6 Å². The van der Waals surface area contributed by atoms with Gasteiger partial charge in [0.2, 0.25) is 0 Å².